The monoisotopic (exact) mass is 396 g/mol. The van der Waals surface area contributed by atoms with Gasteiger partial charge in [0.05, 0.1) is 24.7 Å². The van der Waals surface area contributed by atoms with Gasteiger partial charge < -0.3 is 15.4 Å². The Labute approximate surface area is 163 Å². The molecule has 0 spiro atoms. The number of nitrogens with one attached hydrogen (secondary N) is 2. The van der Waals surface area contributed by atoms with Crippen LogP contribution in [0.25, 0.3) is 0 Å². The number of hydrogen-bond donors (Lipinski definition) is 2. The molecule has 0 radical (unpaired) electrons. The molecule has 8 heteroatoms. The predicted octanol–water partition coefficient (Wildman–Crippen LogP) is 1.17. The summed E-state index contributed by atoms with van der Waals surface area (Å²) in [6.45, 7) is 11.6. The van der Waals surface area contributed by atoms with E-state index in [1.807, 2.05) is 26.0 Å². The highest BCUT2D eigenvalue weighted by Crippen LogP contribution is 2.17. The maximum atomic E-state index is 11.7. The number of aryl methyl sites for hydroxylation is 1. The van der Waals surface area contributed by atoms with Gasteiger partial charge in [0.15, 0.2) is 15.8 Å². The summed E-state index contributed by atoms with van der Waals surface area (Å²) in [5, 5.41) is 6.66. The molecule has 0 amide bonds. The third-order valence-electron chi connectivity index (χ3n) is 4.64. The minimum atomic E-state index is -3.19. The molecule has 1 atom stereocenters. The fourth-order valence-electron chi connectivity index (χ4n) is 3.13. The van der Waals surface area contributed by atoms with Crippen LogP contribution in [0.5, 0.6) is 0 Å². The van der Waals surface area contributed by atoms with E-state index in [9.17, 15) is 8.42 Å². The van der Waals surface area contributed by atoms with Gasteiger partial charge in [-0.25, -0.2) is 13.4 Å². The van der Waals surface area contributed by atoms with Crippen LogP contribution in [0.2, 0.25) is 0 Å². The number of ether oxygens (including phenoxy) is 1. The van der Waals surface area contributed by atoms with Gasteiger partial charge >= 0.3 is 0 Å². The van der Waals surface area contributed by atoms with Crippen molar-refractivity contribution in [3.05, 3.63) is 29.3 Å². The molecule has 1 aromatic rings. The van der Waals surface area contributed by atoms with Gasteiger partial charge in [-0.05, 0) is 38.0 Å². The molecule has 2 N–H and O–H groups in total. The molecule has 2 rings (SSSR count). The van der Waals surface area contributed by atoms with Crippen LogP contribution >= 0.6 is 0 Å². The third-order valence-corrected chi connectivity index (χ3v) is 5.89. The highest BCUT2D eigenvalue weighted by molar-refractivity contribution is 7.90. The zero-order chi connectivity index (χ0) is 19.9. The second kappa shape index (κ2) is 10.1. The third kappa shape index (κ3) is 6.79. The number of guanidine groups is 1. The molecule has 1 fully saturated rings. The van der Waals surface area contributed by atoms with Crippen LogP contribution < -0.4 is 10.6 Å². The van der Waals surface area contributed by atoms with E-state index in [-0.39, 0.29) is 0 Å². The number of morpholine rings is 1. The summed E-state index contributed by atoms with van der Waals surface area (Å²) in [5.41, 5.74) is 1.74. The standard InChI is InChI=1S/C19H32N4O3S/c1-5-20-19(21-13-16(3)23-8-10-26-11-9-23)22-14-17-6-7-18(15(2)12-17)27(4,24)25/h6-7,12,16H,5,8-11,13-14H2,1-4H3,(H2,20,21,22). The van der Waals surface area contributed by atoms with E-state index >= 15 is 0 Å². The predicted molar refractivity (Wildman–Crippen MR) is 109 cm³/mol. The number of sulfone groups is 1. The van der Waals surface area contributed by atoms with Gasteiger partial charge in [-0.3, -0.25) is 4.90 Å². The van der Waals surface area contributed by atoms with Crippen molar-refractivity contribution in [2.75, 3.05) is 45.6 Å². The second-order valence-corrected chi connectivity index (χ2v) is 8.93. The highest BCUT2D eigenvalue weighted by Gasteiger charge is 2.17. The minimum Gasteiger partial charge on any atom is -0.379 e. The molecule has 152 valence electrons. The molecule has 0 saturated carbocycles. The van der Waals surface area contributed by atoms with Gasteiger partial charge in [-0.15, -0.1) is 0 Å². The van der Waals surface area contributed by atoms with Gasteiger partial charge in [-0.1, -0.05) is 12.1 Å². The molecule has 27 heavy (non-hydrogen) atoms. The van der Waals surface area contributed by atoms with Crippen LogP contribution in [0.3, 0.4) is 0 Å². The maximum absolute atomic E-state index is 11.7. The van der Waals surface area contributed by atoms with Crippen molar-refractivity contribution < 1.29 is 13.2 Å². The SMILES string of the molecule is CCNC(=NCc1ccc(S(C)(=O)=O)c(C)c1)NCC(C)N1CCOCC1. The lowest BCUT2D eigenvalue weighted by atomic mass is 10.1. The summed E-state index contributed by atoms with van der Waals surface area (Å²) in [6.07, 6.45) is 1.23. The molecule has 1 saturated heterocycles. The van der Waals surface area contributed by atoms with Gasteiger partial charge in [0, 0.05) is 38.5 Å². The number of aliphatic imine (C=N–C) groups is 1. The lowest BCUT2D eigenvalue weighted by molar-refractivity contribution is 0.0211. The summed E-state index contributed by atoms with van der Waals surface area (Å²) >= 11 is 0. The Morgan fingerprint density at radius 2 is 2.00 bits per heavy atom. The highest BCUT2D eigenvalue weighted by atomic mass is 32.2. The number of benzene rings is 1. The average molecular weight is 397 g/mol. The van der Waals surface area contributed by atoms with Crippen molar-refractivity contribution >= 4 is 15.8 Å². The first-order chi connectivity index (χ1) is 12.8. The molecule has 0 aliphatic carbocycles. The fraction of sp³-hybridized carbons (Fsp3) is 0.632. The van der Waals surface area contributed by atoms with E-state index in [4.69, 9.17) is 4.74 Å². The first kappa shape index (κ1) is 21.7. The van der Waals surface area contributed by atoms with Crippen LogP contribution in [-0.2, 0) is 21.1 Å². The largest absolute Gasteiger partial charge is 0.379 e. The minimum absolute atomic E-state index is 0.375. The quantitative estimate of drug-likeness (QED) is 0.532. The van der Waals surface area contributed by atoms with E-state index in [0.29, 0.717) is 17.5 Å². The van der Waals surface area contributed by atoms with Gasteiger partial charge in [-0.2, -0.15) is 0 Å². The molecular formula is C19H32N4O3S. The summed E-state index contributed by atoms with van der Waals surface area (Å²) in [6, 6.07) is 5.78. The van der Waals surface area contributed by atoms with Crippen LogP contribution in [0.1, 0.15) is 25.0 Å². The molecule has 0 bridgehead atoms. The van der Waals surface area contributed by atoms with Crippen molar-refractivity contribution in [3.63, 3.8) is 0 Å². The summed E-state index contributed by atoms with van der Waals surface area (Å²) in [5.74, 6) is 0.766. The van der Waals surface area contributed by atoms with Gasteiger partial charge in [0.2, 0.25) is 0 Å². The van der Waals surface area contributed by atoms with Gasteiger partial charge in [0.1, 0.15) is 0 Å². The Morgan fingerprint density at radius 1 is 1.30 bits per heavy atom. The van der Waals surface area contributed by atoms with Crippen LogP contribution in [0, 0.1) is 6.92 Å². The van der Waals surface area contributed by atoms with E-state index in [1.54, 1.807) is 6.07 Å². The molecule has 1 unspecified atom stereocenters. The zero-order valence-corrected chi connectivity index (χ0v) is 17.6. The van der Waals surface area contributed by atoms with Crippen molar-refractivity contribution in [2.45, 2.75) is 38.3 Å². The molecular weight excluding hydrogens is 364 g/mol. The average Bonchev–Trinajstić information content (AvgIpc) is 2.63. The number of rotatable bonds is 7. The number of nitrogens with zero attached hydrogens (tertiary/aromatic N) is 2. The zero-order valence-electron chi connectivity index (χ0n) is 16.8. The fourth-order valence-corrected chi connectivity index (χ4v) is 4.09. The second-order valence-electron chi connectivity index (χ2n) is 6.95. The van der Waals surface area contributed by atoms with Crippen molar-refractivity contribution in [1.29, 1.82) is 0 Å². The Morgan fingerprint density at radius 3 is 2.59 bits per heavy atom. The van der Waals surface area contributed by atoms with E-state index < -0.39 is 9.84 Å². The molecule has 0 aromatic heterocycles. The maximum Gasteiger partial charge on any atom is 0.191 e. The lowest BCUT2D eigenvalue weighted by Gasteiger charge is -2.32. The molecule has 1 aromatic carbocycles. The van der Waals surface area contributed by atoms with Gasteiger partial charge in [0.25, 0.3) is 0 Å². The normalized spacial score (nSPS) is 17.6. The molecule has 1 aliphatic heterocycles. The summed E-state index contributed by atoms with van der Waals surface area (Å²) in [4.78, 5) is 7.42. The summed E-state index contributed by atoms with van der Waals surface area (Å²) < 4.78 is 28.9. The Bertz CT molecular complexity index is 743. The smallest absolute Gasteiger partial charge is 0.191 e. The Hall–Kier alpha value is -1.64. The topological polar surface area (TPSA) is 83.0 Å². The van der Waals surface area contributed by atoms with Crippen molar-refractivity contribution in [3.8, 4) is 0 Å². The Balaban J connectivity index is 1.97. The molecule has 1 aliphatic rings. The Kier molecular flexibility index (Phi) is 8.07. The molecule has 1 heterocycles. The van der Waals surface area contributed by atoms with Crippen LogP contribution in [0.4, 0.5) is 0 Å². The van der Waals surface area contributed by atoms with E-state index in [0.717, 1.165) is 56.5 Å². The van der Waals surface area contributed by atoms with E-state index in [1.165, 1.54) is 6.26 Å². The first-order valence-corrected chi connectivity index (χ1v) is 11.3. The van der Waals surface area contributed by atoms with E-state index in [2.05, 4.69) is 27.4 Å². The lowest BCUT2D eigenvalue weighted by Crippen LogP contribution is -2.49. The van der Waals surface area contributed by atoms with Crippen LogP contribution in [0.15, 0.2) is 28.1 Å². The summed E-state index contributed by atoms with van der Waals surface area (Å²) in [7, 11) is -3.19. The van der Waals surface area contributed by atoms with Crippen molar-refractivity contribution in [1.82, 2.24) is 15.5 Å². The number of hydrogen-bond acceptors (Lipinski definition) is 5. The van der Waals surface area contributed by atoms with Crippen LogP contribution in [-0.4, -0.2) is 71.0 Å². The molecule has 7 nitrogen and oxygen atoms in total. The first-order valence-electron chi connectivity index (χ1n) is 9.44. The van der Waals surface area contributed by atoms with Crippen molar-refractivity contribution in [2.24, 2.45) is 4.99 Å².